The summed E-state index contributed by atoms with van der Waals surface area (Å²) in [6, 6.07) is 5.73. The quantitative estimate of drug-likeness (QED) is 0.555. The summed E-state index contributed by atoms with van der Waals surface area (Å²) in [4.78, 5) is 3.88. The predicted octanol–water partition coefficient (Wildman–Crippen LogP) is 3.55. The van der Waals surface area contributed by atoms with Crippen LogP contribution in [0.5, 0.6) is 11.5 Å². The minimum Gasteiger partial charge on any atom is -0.484 e. The summed E-state index contributed by atoms with van der Waals surface area (Å²) >= 11 is 11.7. The second-order valence-corrected chi connectivity index (χ2v) is 5.51. The molecular weight excluding hydrogens is 377 g/mol. The van der Waals surface area contributed by atoms with Crippen LogP contribution in [0.15, 0.2) is 48.6 Å². The third kappa shape index (κ3) is 5.63. The van der Waals surface area contributed by atoms with Crippen molar-refractivity contribution in [3.8, 4) is 11.5 Å². The lowest BCUT2D eigenvalue weighted by Crippen LogP contribution is -2.27. The lowest BCUT2D eigenvalue weighted by Gasteiger charge is -2.17. The van der Waals surface area contributed by atoms with Crippen molar-refractivity contribution in [3.63, 3.8) is 0 Å². The zero-order chi connectivity index (χ0) is 18.4. The Morgan fingerprint density at radius 3 is 2.64 bits per heavy atom. The van der Waals surface area contributed by atoms with Crippen LogP contribution in [0.2, 0.25) is 10.0 Å². The number of hydrogen-bond donors (Lipinski definition) is 2. The van der Waals surface area contributed by atoms with Crippen molar-refractivity contribution in [2.24, 2.45) is 11.6 Å². The Morgan fingerprint density at radius 2 is 1.96 bits per heavy atom. The molecule has 0 aliphatic carbocycles. The number of nitrogens with two attached hydrogens (primary N) is 2. The highest BCUT2D eigenvalue weighted by molar-refractivity contribution is 6.32. The molecule has 0 saturated carbocycles. The molecule has 1 aromatic heterocycles. The number of halogens is 4. The summed E-state index contributed by atoms with van der Waals surface area (Å²) in [5.74, 6) is 6.01. The molecule has 10 heteroatoms. The molecule has 0 radical (unpaired) electrons. The van der Waals surface area contributed by atoms with Crippen molar-refractivity contribution >= 4 is 28.9 Å². The molecule has 2 aromatic rings. The molecule has 25 heavy (non-hydrogen) atoms. The molecule has 0 bridgehead atoms. The molecule has 134 valence electrons. The minimum atomic E-state index is -3.00. The maximum Gasteiger partial charge on any atom is 0.387 e. The van der Waals surface area contributed by atoms with Crippen LogP contribution in [-0.2, 0) is 0 Å². The number of nitrogens with zero attached hydrogens (tertiary/aromatic N) is 2. The lowest BCUT2D eigenvalue weighted by atomic mass is 10.3. The first kappa shape index (κ1) is 19.0. The molecule has 0 aliphatic heterocycles. The summed E-state index contributed by atoms with van der Waals surface area (Å²) < 4.78 is 34.4. The van der Waals surface area contributed by atoms with Gasteiger partial charge in [-0.2, -0.15) is 8.78 Å². The van der Waals surface area contributed by atoms with E-state index in [1.165, 1.54) is 36.8 Å². The summed E-state index contributed by atoms with van der Waals surface area (Å²) in [5, 5.41) is 1.54. The number of rotatable bonds is 7. The highest BCUT2D eigenvalue weighted by Gasteiger charge is 2.11. The summed E-state index contributed by atoms with van der Waals surface area (Å²) in [7, 11) is 0. The number of benzene rings is 1. The first-order valence-corrected chi connectivity index (χ1v) is 7.59. The molecule has 1 aromatic carbocycles. The van der Waals surface area contributed by atoms with E-state index in [1.54, 1.807) is 6.07 Å². The van der Waals surface area contributed by atoms with Crippen LogP contribution in [0, 0.1) is 0 Å². The number of aromatic nitrogens is 1. The normalized spacial score (nSPS) is 11.5. The Kier molecular flexibility index (Phi) is 6.63. The Labute approximate surface area is 152 Å². The van der Waals surface area contributed by atoms with Crippen molar-refractivity contribution in [1.82, 2.24) is 4.98 Å². The number of alkyl halides is 2. The van der Waals surface area contributed by atoms with Crippen LogP contribution >= 0.6 is 23.2 Å². The van der Waals surface area contributed by atoms with Crippen LogP contribution in [0.25, 0.3) is 0 Å². The lowest BCUT2D eigenvalue weighted by molar-refractivity contribution is -0.0497. The van der Waals surface area contributed by atoms with Gasteiger partial charge in [0.2, 0.25) is 0 Å². The number of anilines is 1. The molecule has 6 nitrogen and oxygen atoms in total. The Morgan fingerprint density at radius 1 is 1.24 bits per heavy atom. The maximum atomic E-state index is 12.3. The molecule has 0 saturated heterocycles. The fraction of sp³-hybridized carbons (Fsp3) is 0.133. The SMILES string of the molecule is N/C(=C\N(N)c1ccc(Cl)c(OC(F)F)c1)COc1cnccc1Cl. The molecule has 0 atom stereocenters. The van der Waals surface area contributed by atoms with Crippen LogP contribution in [0.1, 0.15) is 0 Å². The Balaban J connectivity index is 2.05. The van der Waals surface area contributed by atoms with Gasteiger partial charge in [-0.15, -0.1) is 0 Å². The summed E-state index contributed by atoms with van der Waals surface area (Å²) in [6.45, 7) is -3.01. The van der Waals surface area contributed by atoms with Gasteiger partial charge in [0.15, 0.2) is 5.75 Å². The second kappa shape index (κ2) is 8.70. The molecule has 1 heterocycles. The first-order valence-electron chi connectivity index (χ1n) is 6.83. The largest absolute Gasteiger partial charge is 0.484 e. The topological polar surface area (TPSA) is 86.6 Å². The summed E-state index contributed by atoms with van der Waals surface area (Å²) in [5.41, 5.74) is 6.43. The summed E-state index contributed by atoms with van der Waals surface area (Å²) in [6.07, 6.45) is 4.33. The zero-order valence-electron chi connectivity index (χ0n) is 12.7. The van der Waals surface area contributed by atoms with Gasteiger partial charge >= 0.3 is 6.61 Å². The smallest absolute Gasteiger partial charge is 0.387 e. The average molecular weight is 391 g/mol. The van der Waals surface area contributed by atoms with Gasteiger partial charge in [0.25, 0.3) is 0 Å². The monoisotopic (exact) mass is 390 g/mol. The van der Waals surface area contributed by atoms with E-state index in [4.69, 9.17) is 39.5 Å². The Hall–Kier alpha value is -2.29. The van der Waals surface area contributed by atoms with Gasteiger partial charge in [0.05, 0.1) is 27.6 Å². The van der Waals surface area contributed by atoms with Gasteiger partial charge in [-0.05, 0) is 18.2 Å². The number of pyridine rings is 1. The fourth-order valence-corrected chi connectivity index (χ4v) is 2.08. The van der Waals surface area contributed by atoms with Crippen molar-refractivity contribution in [2.75, 3.05) is 11.6 Å². The van der Waals surface area contributed by atoms with Gasteiger partial charge in [0.1, 0.15) is 12.4 Å². The molecule has 2 rings (SSSR count). The minimum absolute atomic E-state index is 0.00685. The van der Waals surface area contributed by atoms with Gasteiger partial charge in [-0.3, -0.25) is 9.99 Å². The Bertz CT molecular complexity index is 762. The maximum absolute atomic E-state index is 12.3. The van der Waals surface area contributed by atoms with Crippen molar-refractivity contribution in [2.45, 2.75) is 6.61 Å². The van der Waals surface area contributed by atoms with E-state index in [9.17, 15) is 8.78 Å². The van der Waals surface area contributed by atoms with E-state index < -0.39 is 6.61 Å². The molecule has 4 N–H and O–H groups in total. The highest BCUT2D eigenvalue weighted by atomic mass is 35.5. The molecule has 0 amide bonds. The van der Waals surface area contributed by atoms with Crippen molar-refractivity contribution in [3.05, 3.63) is 58.6 Å². The molecule has 0 aliphatic rings. The van der Waals surface area contributed by atoms with Crippen LogP contribution < -0.4 is 26.1 Å². The zero-order valence-corrected chi connectivity index (χ0v) is 14.2. The first-order chi connectivity index (χ1) is 11.9. The third-order valence-electron chi connectivity index (χ3n) is 2.86. The van der Waals surface area contributed by atoms with E-state index in [0.29, 0.717) is 16.5 Å². The highest BCUT2D eigenvalue weighted by Crippen LogP contribution is 2.30. The van der Waals surface area contributed by atoms with E-state index >= 15 is 0 Å². The van der Waals surface area contributed by atoms with Crippen LogP contribution in [-0.4, -0.2) is 18.2 Å². The van der Waals surface area contributed by atoms with Crippen molar-refractivity contribution in [1.29, 1.82) is 0 Å². The molecule has 0 spiro atoms. The van der Waals surface area contributed by atoms with E-state index in [0.717, 1.165) is 5.01 Å². The van der Waals surface area contributed by atoms with Crippen LogP contribution in [0.3, 0.4) is 0 Å². The number of hydrogen-bond acceptors (Lipinski definition) is 6. The average Bonchev–Trinajstić information content (AvgIpc) is 2.55. The van der Waals surface area contributed by atoms with Crippen molar-refractivity contribution < 1.29 is 18.3 Å². The van der Waals surface area contributed by atoms with E-state index in [1.807, 2.05) is 0 Å². The van der Waals surface area contributed by atoms with Gasteiger partial charge in [-0.1, -0.05) is 23.2 Å². The molecule has 0 fully saturated rings. The standard InChI is InChI=1S/C15H14Cl2F2N4O2/c16-11-2-1-10(5-13(11)25-15(18)19)23(21)7-9(20)8-24-14-6-22-4-3-12(14)17/h1-7,15H,8,20-21H2/b9-7-. The van der Waals surface area contributed by atoms with E-state index in [2.05, 4.69) is 9.72 Å². The number of hydrazine groups is 1. The number of ether oxygens (including phenoxy) is 2. The second-order valence-electron chi connectivity index (χ2n) is 4.70. The molecular formula is C15H14Cl2F2N4O2. The van der Waals surface area contributed by atoms with Gasteiger partial charge < -0.3 is 15.2 Å². The molecule has 0 unspecified atom stereocenters. The van der Waals surface area contributed by atoms with Crippen LogP contribution in [0.4, 0.5) is 14.5 Å². The third-order valence-corrected chi connectivity index (χ3v) is 3.49. The van der Waals surface area contributed by atoms with Gasteiger partial charge in [0, 0.05) is 18.5 Å². The van der Waals surface area contributed by atoms with E-state index in [-0.39, 0.29) is 23.1 Å². The predicted molar refractivity (Wildman–Crippen MR) is 91.8 cm³/mol. The van der Waals surface area contributed by atoms with Gasteiger partial charge in [-0.25, -0.2) is 5.84 Å². The fourth-order valence-electron chi connectivity index (χ4n) is 1.76.